The molecule has 0 fully saturated rings. The summed E-state index contributed by atoms with van der Waals surface area (Å²) in [4.78, 5) is 0. The lowest BCUT2D eigenvalue weighted by atomic mass is 10.1. The van der Waals surface area contributed by atoms with Crippen molar-refractivity contribution < 1.29 is 9.84 Å². The molecule has 0 aromatic heterocycles. The van der Waals surface area contributed by atoms with E-state index in [1.54, 1.807) is 0 Å². The first-order chi connectivity index (χ1) is 10.6. The highest BCUT2D eigenvalue weighted by Crippen LogP contribution is 2.12. The van der Waals surface area contributed by atoms with Gasteiger partial charge in [-0.15, -0.1) is 0 Å². The van der Waals surface area contributed by atoms with E-state index >= 15 is 0 Å². The zero-order valence-corrected chi connectivity index (χ0v) is 13.3. The first-order valence-electron chi connectivity index (χ1n) is 7.75. The Hall–Kier alpha value is -1.68. The summed E-state index contributed by atoms with van der Waals surface area (Å²) < 4.78 is 5.55. The Kier molecular flexibility index (Phi) is 6.59. The summed E-state index contributed by atoms with van der Waals surface area (Å²) in [5.41, 5.74) is 3.60. The van der Waals surface area contributed by atoms with Crippen molar-refractivity contribution in [3.05, 3.63) is 71.3 Å². The van der Waals surface area contributed by atoms with Gasteiger partial charge in [0.25, 0.3) is 0 Å². The van der Waals surface area contributed by atoms with Gasteiger partial charge < -0.3 is 15.2 Å². The van der Waals surface area contributed by atoms with E-state index in [-0.39, 0.29) is 6.04 Å². The molecule has 2 unspecified atom stereocenters. The molecule has 3 heteroatoms. The highest BCUT2D eigenvalue weighted by atomic mass is 16.5. The van der Waals surface area contributed by atoms with E-state index in [1.165, 1.54) is 11.1 Å². The average Bonchev–Trinajstić information content (AvgIpc) is 2.54. The molecule has 0 heterocycles. The summed E-state index contributed by atoms with van der Waals surface area (Å²) >= 11 is 0. The monoisotopic (exact) mass is 299 g/mol. The number of hydrogen-bond acceptors (Lipinski definition) is 3. The summed E-state index contributed by atoms with van der Waals surface area (Å²) in [6.07, 6.45) is -0.503. The molecule has 0 spiro atoms. The van der Waals surface area contributed by atoms with Crippen LogP contribution in [0.15, 0.2) is 54.6 Å². The van der Waals surface area contributed by atoms with Crippen molar-refractivity contribution in [2.24, 2.45) is 0 Å². The molecule has 0 aliphatic carbocycles. The smallest absolute Gasteiger partial charge is 0.0898 e. The van der Waals surface area contributed by atoms with Gasteiger partial charge in [0.2, 0.25) is 0 Å². The largest absolute Gasteiger partial charge is 0.389 e. The minimum Gasteiger partial charge on any atom is -0.389 e. The maximum Gasteiger partial charge on any atom is 0.0898 e. The number of hydrogen-bond donors (Lipinski definition) is 2. The number of aryl methyl sites for hydroxylation is 1. The van der Waals surface area contributed by atoms with Crippen LogP contribution in [0, 0.1) is 6.92 Å². The van der Waals surface area contributed by atoms with E-state index in [0.717, 1.165) is 5.56 Å². The molecule has 0 aliphatic heterocycles. The fourth-order valence-electron chi connectivity index (χ4n) is 2.23. The zero-order valence-electron chi connectivity index (χ0n) is 13.3. The summed E-state index contributed by atoms with van der Waals surface area (Å²) in [5.74, 6) is 0. The summed E-state index contributed by atoms with van der Waals surface area (Å²) in [5, 5.41) is 13.3. The van der Waals surface area contributed by atoms with E-state index < -0.39 is 6.10 Å². The van der Waals surface area contributed by atoms with Crippen LogP contribution in [0.1, 0.15) is 29.7 Å². The Morgan fingerprint density at radius 3 is 2.41 bits per heavy atom. The summed E-state index contributed by atoms with van der Waals surface area (Å²) in [7, 11) is 0. The van der Waals surface area contributed by atoms with Crippen molar-refractivity contribution >= 4 is 0 Å². The van der Waals surface area contributed by atoms with E-state index in [2.05, 4.69) is 43.4 Å². The lowest BCUT2D eigenvalue weighted by molar-refractivity contribution is 0.0278. The summed E-state index contributed by atoms with van der Waals surface area (Å²) in [6.45, 7) is 5.57. The van der Waals surface area contributed by atoms with Gasteiger partial charge in [-0.3, -0.25) is 0 Å². The van der Waals surface area contributed by atoms with Crippen molar-refractivity contribution in [1.82, 2.24) is 5.32 Å². The number of nitrogens with one attached hydrogen (secondary N) is 1. The van der Waals surface area contributed by atoms with Crippen molar-refractivity contribution in [3.63, 3.8) is 0 Å². The van der Waals surface area contributed by atoms with Crippen LogP contribution < -0.4 is 5.32 Å². The topological polar surface area (TPSA) is 41.5 Å². The molecule has 2 aromatic rings. The standard InChI is InChI=1S/C19H25NO2/c1-15-8-10-18(11-9-15)16(2)20-12-19(21)14-22-13-17-6-4-3-5-7-17/h3-11,16,19-21H,12-14H2,1-2H3. The van der Waals surface area contributed by atoms with Gasteiger partial charge in [0, 0.05) is 12.6 Å². The number of aliphatic hydroxyl groups is 1. The van der Waals surface area contributed by atoms with Crippen LogP contribution in [-0.4, -0.2) is 24.4 Å². The number of ether oxygens (including phenoxy) is 1. The Labute approximate surface area is 133 Å². The van der Waals surface area contributed by atoms with Gasteiger partial charge >= 0.3 is 0 Å². The van der Waals surface area contributed by atoms with Crippen LogP contribution >= 0.6 is 0 Å². The fourth-order valence-corrected chi connectivity index (χ4v) is 2.23. The predicted molar refractivity (Wildman–Crippen MR) is 89.7 cm³/mol. The maximum atomic E-state index is 9.98. The molecular formula is C19H25NO2. The molecule has 2 aromatic carbocycles. The van der Waals surface area contributed by atoms with Crippen LogP contribution in [-0.2, 0) is 11.3 Å². The average molecular weight is 299 g/mol. The minimum atomic E-state index is -0.503. The molecule has 0 bridgehead atoms. The van der Waals surface area contributed by atoms with Gasteiger partial charge in [-0.1, -0.05) is 60.2 Å². The molecule has 0 amide bonds. The number of aliphatic hydroxyl groups excluding tert-OH is 1. The highest BCUT2D eigenvalue weighted by molar-refractivity contribution is 5.23. The third kappa shape index (κ3) is 5.60. The molecule has 2 rings (SSSR count). The highest BCUT2D eigenvalue weighted by Gasteiger charge is 2.09. The Bertz CT molecular complexity index is 539. The van der Waals surface area contributed by atoms with E-state index in [9.17, 15) is 5.11 Å². The van der Waals surface area contributed by atoms with E-state index in [1.807, 2.05) is 30.3 Å². The SMILES string of the molecule is Cc1ccc(C(C)NCC(O)COCc2ccccc2)cc1. The molecule has 0 saturated heterocycles. The van der Waals surface area contributed by atoms with Crippen molar-refractivity contribution in [2.45, 2.75) is 32.6 Å². The van der Waals surface area contributed by atoms with E-state index in [0.29, 0.717) is 19.8 Å². The molecule has 0 aliphatic rings. The maximum absolute atomic E-state index is 9.98. The Morgan fingerprint density at radius 1 is 1.05 bits per heavy atom. The van der Waals surface area contributed by atoms with Crippen molar-refractivity contribution in [2.75, 3.05) is 13.2 Å². The van der Waals surface area contributed by atoms with Gasteiger partial charge in [0.05, 0.1) is 19.3 Å². The second kappa shape index (κ2) is 8.69. The predicted octanol–water partition coefficient (Wildman–Crippen LogP) is 3.22. The first kappa shape index (κ1) is 16.7. The molecule has 2 atom stereocenters. The molecule has 0 radical (unpaired) electrons. The molecule has 22 heavy (non-hydrogen) atoms. The lowest BCUT2D eigenvalue weighted by Gasteiger charge is -2.18. The van der Waals surface area contributed by atoms with Crippen LogP contribution in [0.3, 0.4) is 0 Å². The number of rotatable bonds is 8. The molecule has 2 N–H and O–H groups in total. The van der Waals surface area contributed by atoms with E-state index in [4.69, 9.17) is 4.74 Å². The zero-order chi connectivity index (χ0) is 15.8. The third-order valence-electron chi connectivity index (χ3n) is 3.66. The third-order valence-corrected chi connectivity index (χ3v) is 3.66. The Morgan fingerprint density at radius 2 is 1.73 bits per heavy atom. The molecular weight excluding hydrogens is 274 g/mol. The van der Waals surface area contributed by atoms with Crippen LogP contribution in [0.2, 0.25) is 0 Å². The lowest BCUT2D eigenvalue weighted by Crippen LogP contribution is -2.32. The quantitative estimate of drug-likeness (QED) is 0.786. The Balaban J connectivity index is 1.66. The van der Waals surface area contributed by atoms with Crippen molar-refractivity contribution in [1.29, 1.82) is 0 Å². The normalized spacial score (nSPS) is 13.8. The van der Waals surface area contributed by atoms with Gasteiger partial charge in [-0.05, 0) is 25.0 Å². The molecule has 3 nitrogen and oxygen atoms in total. The van der Waals surface area contributed by atoms with Gasteiger partial charge in [0.1, 0.15) is 0 Å². The number of benzene rings is 2. The molecule has 0 saturated carbocycles. The van der Waals surface area contributed by atoms with Gasteiger partial charge in [0.15, 0.2) is 0 Å². The van der Waals surface area contributed by atoms with Crippen LogP contribution in [0.25, 0.3) is 0 Å². The van der Waals surface area contributed by atoms with Gasteiger partial charge in [-0.2, -0.15) is 0 Å². The van der Waals surface area contributed by atoms with Gasteiger partial charge in [-0.25, -0.2) is 0 Å². The minimum absolute atomic E-state index is 0.212. The second-order valence-corrected chi connectivity index (χ2v) is 5.70. The second-order valence-electron chi connectivity index (χ2n) is 5.70. The molecule has 118 valence electrons. The van der Waals surface area contributed by atoms with Crippen LogP contribution in [0.5, 0.6) is 0 Å². The van der Waals surface area contributed by atoms with Crippen molar-refractivity contribution in [3.8, 4) is 0 Å². The summed E-state index contributed by atoms with van der Waals surface area (Å²) in [6, 6.07) is 18.6. The van der Waals surface area contributed by atoms with Crippen LogP contribution in [0.4, 0.5) is 0 Å². The fraction of sp³-hybridized carbons (Fsp3) is 0.368. The first-order valence-corrected chi connectivity index (χ1v) is 7.75.